The third-order valence-electron chi connectivity index (χ3n) is 3.76. The van der Waals surface area contributed by atoms with E-state index in [4.69, 9.17) is 4.74 Å². The lowest BCUT2D eigenvalue weighted by molar-refractivity contribution is -0.141. The molecule has 3 heterocycles. The summed E-state index contributed by atoms with van der Waals surface area (Å²) in [7, 11) is 0. The van der Waals surface area contributed by atoms with Crippen LogP contribution in [0.4, 0.5) is 32.2 Å². The predicted molar refractivity (Wildman–Crippen MR) is 77.5 cm³/mol. The molecule has 11 heteroatoms. The van der Waals surface area contributed by atoms with Crippen molar-refractivity contribution >= 4 is 5.82 Å². The smallest absolute Gasteiger partial charge is 0.435 e. The van der Waals surface area contributed by atoms with E-state index in [-0.39, 0.29) is 17.8 Å². The van der Waals surface area contributed by atoms with Crippen LogP contribution in [0.25, 0.3) is 0 Å². The van der Waals surface area contributed by atoms with Gasteiger partial charge in [-0.2, -0.15) is 26.3 Å². The molecule has 0 N–H and O–H groups in total. The number of rotatable bonds is 3. The molecule has 1 aliphatic rings. The Morgan fingerprint density at radius 1 is 0.962 bits per heavy atom. The number of hydrogen-bond acceptors (Lipinski definition) is 5. The molecule has 26 heavy (non-hydrogen) atoms. The zero-order chi connectivity index (χ0) is 18.9. The van der Waals surface area contributed by atoms with Gasteiger partial charge in [0.05, 0.1) is 12.1 Å². The second-order valence-electron chi connectivity index (χ2n) is 5.63. The number of pyridine rings is 1. The molecule has 0 amide bonds. The average Bonchev–Trinajstić information content (AvgIpc) is 3.02. The number of aromatic nitrogens is 3. The standard InChI is InChI=1S/C15H12F6N4O/c16-14(17,18)9-1-4-13(22-7-9)26-10-5-6-25(8-10)12-3-2-11(23-24-12)15(19,20)21/h1-4,7,10H,5-6,8H2. The maximum absolute atomic E-state index is 12.5. The summed E-state index contributed by atoms with van der Waals surface area (Å²) in [5, 5.41) is 6.73. The van der Waals surface area contributed by atoms with Crippen LogP contribution >= 0.6 is 0 Å². The molecule has 1 fully saturated rings. The van der Waals surface area contributed by atoms with Gasteiger partial charge in [-0.1, -0.05) is 0 Å². The summed E-state index contributed by atoms with van der Waals surface area (Å²) in [5.41, 5.74) is -1.96. The van der Waals surface area contributed by atoms with Gasteiger partial charge in [-0.05, 0) is 18.2 Å². The third-order valence-corrected chi connectivity index (χ3v) is 3.76. The lowest BCUT2D eigenvalue weighted by Gasteiger charge is -2.17. The Labute approximate surface area is 143 Å². The highest BCUT2D eigenvalue weighted by Gasteiger charge is 2.34. The SMILES string of the molecule is FC(F)(F)c1ccc(OC2CCN(c3ccc(C(F)(F)F)nn3)C2)nc1. The molecule has 0 radical (unpaired) electrons. The summed E-state index contributed by atoms with van der Waals surface area (Å²) in [5.74, 6) is 0.313. The Bertz CT molecular complexity index is 745. The van der Waals surface area contributed by atoms with Crippen molar-refractivity contribution in [2.75, 3.05) is 18.0 Å². The molecule has 2 aromatic rings. The van der Waals surface area contributed by atoms with Crippen molar-refractivity contribution in [3.05, 3.63) is 41.7 Å². The maximum atomic E-state index is 12.5. The molecule has 0 spiro atoms. The highest BCUT2D eigenvalue weighted by atomic mass is 19.4. The Morgan fingerprint density at radius 2 is 1.73 bits per heavy atom. The molecule has 1 saturated heterocycles. The molecule has 1 unspecified atom stereocenters. The van der Waals surface area contributed by atoms with E-state index in [1.807, 2.05) is 0 Å². The van der Waals surface area contributed by atoms with Crippen LogP contribution in [0.1, 0.15) is 17.7 Å². The minimum Gasteiger partial charge on any atom is -0.472 e. The van der Waals surface area contributed by atoms with Gasteiger partial charge < -0.3 is 9.64 Å². The molecule has 0 bridgehead atoms. The fraction of sp³-hybridized carbons (Fsp3) is 0.400. The topological polar surface area (TPSA) is 51.1 Å². The summed E-state index contributed by atoms with van der Waals surface area (Å²) in [6.45, 7) is 0.772. The summed E-state index contributed by atoms with van der Waals surface area (Å²) in [6, 6.07) is 4.06. The Balaban J connectivity index is 1.60. The fourth-order valence-corrected chi connectivity index (χ4v) is 2.47. The number of anilines is 1. The highest BCUT2D eigenvalue weighted by molar-refractivity contribution is 5.39. The van der Waals surface area contributed by atoms with Crippen LogP contribution < -0.4 is 9.64 Å². The second-order valence-corrected chi connectivity index (χ2v) is 5.63. The van der Waals surface area contributed by atoms with E-state index in [1.54, 1.807) is 4.90 Å². The van der Waals surface area contributed by atoms with Gasteiger partial charge in [-0.25, -0.2) is 4.98 Å². The highest BCUT2D eigenvalue weighted by Crippen LogP contribution is 2.30. The van der Waals surface area contributed by atoms with Gasteiger partial charge in [0.1, 0.15) is 6.10 Å². The first kappa shape index (κ1) is 18.2. The fourth-order valence-electron chi connectivity index (χ4n) is 2.47. The van der Waals surface area contributed by atoms with Gasteiger partial charge in [0.15, 0.2) is 11.5 Å². The number of ether oxygens (including phenoxy) is 1. The van der Waals surface area contributed by atoms with Gasteiger partial charge in [0.2, 0.25) is 5.88 Å². The largest absolute Gasteiger partial charge is 0.472 e. The van der Waals surface area contributed by atoms with Crippen molar-refractivity contribution in [3.63, 3.8) is 0 Å². The normalized spacial score (nSPS) is 18.2. The van der Waals surface area contributed by atoms with Gasteiger partial charge in [-0.15, -0.1) is 10.2 Å². The molecule has 2 aromatic heterocycles. The molecule has 5 nitrogen and oxygen atoms in total. The molecule has 0 saturated carbocycles. The van der Waals surface area contributed by atoms with Crippen molar-refractivity contribution in [2.45, 2.75) is 24.9 Å². The Morgan fingerprint density at radius 3 is 2.27 bits per heavy atom. The lowest BCUT2D eigenvalue weighted by Crippen LogP contribution is -2.26. The quantitative estimate of drug-likeness (QED) is 0.765. The van der Waals surface area contributed by atoms with Crippen molar-refractivity contribution in [1.29, 1.82) is 0 Å². The van der Waals surface area contributed by atoms with E-state index in [2.05, 4.69) is 15.2 Å². The maximum Gasteiger partial charge on any atom is 0.435 e. The zero-order valence-electron chi connectivity index (χ0n) is 13.1. The molecule has 0 aliphatic carbocycles. The number of nitrogens with zero attached hydrogens (tertiary/aromatic N) is 4. The summed E-state index contributed by atoms with van der Waals surface area (Å²) >= 11 is 0. The van der Waals surface area contributed by atoms with Gasteiger partial charge >= 0.3 is 12.4 Å². The minimum atomic E-state index is -4.56. The number of halogens is 6. The predicted octanol–water partition coefficient (Wildman–Crippen LogP) is 3.57. The van der Waals surface area contributed by atoms with Crippen LogP contribution in [-0.4, -0.2) is 34.4 Å². The monoisotopic (exact) mass is 378 g/mol. The van der Waals surface area contributed by atoms with Gasteiger partial charge in [0.25, 0.3) is 0 Å². The van der Waals surface area contributed by atoms with E-state index in [0.717, 1.165) is 18.2 Å². The van der Waals surface area contributed by atoms with Crippen molar-refractivity contribution < 1.29 is 31.1 Å². The summed E-state index contributed by atoms with van der Waals surface area (Å²) in [4.78, 5) is 5.31. The first-order chi connectivity index (χ1) is 12.1. The molecule has 3 rings (SSSR count). The van der Waals surface area contributed by atoms with Crippen molar-refractivity contribution in [2.24, 2.45) is 0 Å². The first-order valence-electron chi connectivity index (χ1n) is 7.49. The van der Waals surface area contributed by atoms with Gasteiger partial charge in [-0.3, -0.25) is 0 Å². The Kier molecular flexibility index (Phi) is 4.63. The molecule has 140 valence electrons. The molecular formula is C15H12F6N4O. The molecule has 1 atom stereocenters. The van der Waals surface area contributed by atoms with E-state index >= 15 is 0 Å². The van der Waals surface area contributed by atoms with Crippen molar-refractivity contribution in [3.8, 4) is 5.88 Å². The van der Waals surface area contributed by atoms with E-state index in [0.29, 0.717) is 25.7 Å². The van der Waals surface area contributed by atoms with Crippen LogP contribution in [0, 0.1) is 0 Å². The van der Waals surface area contributed by atoms with Crippen LogP contribution in [0.5, 0.6) is 5.88 Å². The van der Waals surface area contributed by atoms with E-state index < -0.39 is 23.6 Å². The summed E-state index contributed by atoms with van der Waals surface area (Å²) < 4.78 is 80.5. The van der Waals surface area contributed by atoms with Crippen LogP contribution in [0.15, 0.2) is 30.5 Å². The molecule has 1 aliphatic heterocycles. The molecule has 0 aromatic carbocycles. The molecular weight excluding hydrogens is 366 g/mol. The number of alkyl halides is 6. The van der Waals surface area contributed by atoms with E-state index in [1.165, 1.54) is 6.07 Å². The van der Waals surface area contributed by atoms with Crippen molar-refractivity contribution in [1.82, 2.24) is 15.2 Å². The van der Waals surface area contributed by atoms with Gasteiger partial charge in [0, 0.05) is 25.2 Å². The van der Waals surface area contributed by atoms with E-state index in [9.17, 15) is 26.3 Å². The summed E-state index contributed by atoms with van der Waals surface area (Å²) in [6.07, 6.45) is -8.20. The first-order valence-corrected chi connectivity index (χ1v) is 7.49. The Hall–Kier alpha value is -2.59. The number of hydrogen-bond donors (Lipinski definition) is 0. The zero-order valence-corrected chi connectivity index (χ0v) is 13.1. The van der Waals surface area contributed by atoms with Crippen LogP contribution in [0.2, 0.25) is 0 Å². The average molecular weight is 378 g/mol. The van der Waals surface area contributed by atoms with Crippen LogP contribution in [0.3, 0.4) is 0 Å². The van der Waals surface area contributed by atoms with Crippen LogP contribution in [-0.2, 0) is 12.4 Å². The third kappa shape index (κ3) is 4.14. The lowest BCUT2D eigenvalue weighted by atomic mass is 10.3. The minimum absolute atomic E-state index is 0.0448. The second kappa shape index (κ2) is 6.61.